The number of pyridine rings is 1. The lowest BCUT2D eigenvalue weighted by Crippen LogP contribution is -2.29. The minimum Gasteiger partial charge on any atom is -0.364 e. The maximum absolute atomic E-state index is 10.9. The minimum atomic E-state index is -0.428. The number of anilines is 1. The summed E-state index contributed by atoms with van der Waals surface area (Å²) in [7, 11) is 0. The van der Waals surface area contributed by atoms with Crippen molar-refractivity contribution >= 4 is 27.4 Å². The zero-order valence-electron chi connectivity index (χ0n) is 11.0. The predicted octanol–water partition coefficient (Wildman–Crippen LogP) is 3.85. The van der Waals surface area contributed by atoms with Gasteiger partial charge in [-0.3, -0.25) is 10.1 Å². The molecule has 0 aliphatic carbocycles. The number of halogens is 1. The van der Waals surface area contributed by atoms with Gasteiger partial charge in [0, 0.05) is 23.3 Å². The van der Waals surface area contributed by atoms with Crippen LogP contribution in [0.2, 0.25) is 0 Å². The summed E-state index contributed by atoms with van der Waals surface area (Å²) in [6.45, 7) is 9.14. The monoisotopic (exact) mass is 315 g/mol. The van der Waals surface area contributed by atoms with E-state index in [1.165, 1.54) is 6.07 Å². The van der Waals surface area contributed by atoms with E-state index in [0.29, 0.717) is 22.8 Å². The van der Waals surface area contributed by atoms with E-state index in [1.54, 1.807) is 6.20 Å². The zero-order chi connectivity index (χ0) is 13.9. The summed E-state index contributed by atoms with van der Waals surface area (Å²) in [6.07, 6.45) is 1.55. The van der Waals surface area contributed by atoms with Crippen molar-refractivity contribution in [2.24, 2.45) is 11.3 Å². The number of hydrogen-bond acceptors (Lipinski definition) is 4. The molecule has 0 amide bonds. The fourth-order valence-corrected chi connectivity index (χ4v) is 1.54. The third-order valence-electron chi connectivity index (χ3n) is 3.31. The summed E-state index contributed by atoms with van der Waals surface area (Å²) in [5.41, 5.74) is 0.0340. The van der Waals surface area contributed by atoms with Gasteiger partial charge in [-0.15, -0.1) is 0 Å². The standard InChI is InChI=1S/C12H18BrN3O2/c1-8(2)12(3,4)7-15-11-10(16(17)18)5-9(13)6-14-11/h5-6,8H,7H2,1-4H3,(H,14,15). The van der Waals surface area contributed by atoms with Crippen LogP contribution in [0.5, 0.6) is 0 Å². The van der Waals surface area contributed by atoms with Crippen molar-refractivity contribution in [3.63, 3.8) is 0 Å². The first-order valence-corrected chi connectivity index (χ1v) is 6.57. The van der Waals surface area contributed by atoms with E-state index in [2.05, 4.69) is 53.9 Å². The van der Waals surface area contributed by atoms with Crippen LogP contribution < -0.4 is 5.32 Å². The summed E-state index contributed by atoms with van der Waals surface area (Å²) in [5, 5.41) is 14.0. The van der Waals surface area contributed by atoms with Gasteiger partial charge >= 0.3 is 5.69 Å². The van der Waals surface area contributed by atoms with E-state index in [1.807, 2.05) is 0 Å². The highest BCUT2D eigenvalue weighted by Gasteiger charge is 2.24. The number of hydrogen-bond donors (Lipinski definition) is 1. The van der Waals surface area contributed by atoms with Gasteiger partial charge in [-0.05, 0) is 27.3 Å². The minimum absolute atomic E-state index is 0.0102. The number of nitrogens with one attached hydrogen (secondary N) is 1. The summed E-state index contributed by atoms with van der Waals surface area (Å²) in [5.74, 6) is 0.788. The molecule has 0 radical (unpaired) electrons. The fraction of sp³-hybridized carbons (Fsp3) is 0.583. The van der Waals surface area contributed by atoms with Gasteiger partial charge in [0.15, 0.2) is 0 Å². The molecule has 6 heteroatoms. The average Bonchev–Trinajstić information content (AvgIpc) is 2.27. The van der Waals surface area contributed by atoms with Crippen molar-refractivity contribution < 1.29 is 4.92 Å². The zero-order valence-corrected chi connectivity index (χ0v) is 12.6. The molecule has 0 aliphatic heterocycles. The van der Waals surface area contributed by atoms with Gasteiger partial charge in [-0.1, -0.05) is 27.7 Å². The lowest BCUT2D eigenvalue weighted by Gasteiger charge is -2.29. The molecular formula is C12H18BrN3O2. The van der Waals surface area contributed by atoms with Crippen LogP contribution in [0.1, 0.15) is 27.7 Å². The topological polar surface area (TPSA) is 68.1 Å². The molecule has 1 aromatic rings. The lowest BCUT2D eigenvalue weighted by molar-refractivity contribution is -0.384. The van der Waals surface area contributed by atoms with Crippen LogP contribution in [-0.2, 0) is 0 Å². The Morgan fingerprint density at radius 1 is 1.56 bits per heavy atom. The molecular weight excluding hydrogens is 298 g/mol. The number of nitrogens with zero attached hydrogens (tertiary/aromatic N) is 2. The van der Waals surface area contributed by atoms with Gasteiger partial charge in [0.25, 0.3) is 0 Å². The Labute approximate surface area is 115 Å². The Kier molecular flexibility index (Phi) is 4.67. The van der Waals surface area contributed by atoms with E-state index in [4.69, 9.17) is 0 Å². The van der Waals surface area contributed by atoms with E-state index in [-0.39, 0.29) is 11.1 Å². The Morgan fingerprint density at radius 3 is 2.67 bits per heavy atom. The molecule has 1 aromatic heterocycles. The second kappa shape index (κ2) is 5.65. The molecule has 0 saturated carbocycles. The third kappa shape index (κ3) is 3.66. The average molecular weight is 316 g/mol. The number of nitro groups is 1. The van der Waals surface area contributed by atoms with Crippen molar-refractivity contribution in [2.45, 2.75) is 27.7 Å². The Balaban J connectivity index is 2.89. The van der Waals surface area contributed by atoms with Gasteiger partial charge in [0.2, 0.25) is 5.82 Å². The van der Waals surface area contributed by atoms with Crippen LogP contribution in [-0.4, -0.2) is 16.5 Å². The summed E-state index contributed by atoms with van der Waals surface area (Å²) in [6, 6.07) is 1.46. The quantitative estimate of drug-likeness (QED) is 0.662. The first-order chi connectivity index (χ1) is 8.24. The normalized spacial score (nSPS) is 11.7. The Bertz CT molecular complexity index is 447. The van der Waals surface area contributed by atoms with E-state index >= 15 is 0 Å². The highest BCUT2D eigenvalue weighted by atomic mass is 79.9. The Morgan fingerprint density at radius 2 is 2.17 bits per heavy atom. The summed E-state index contributed by atoms with van der Waals surface area (Å²) in [4.78, 5) is 14.6. The largest absolute Gasteiger partial charge is 0.364 e. The first-order valence-electron chi connectivity index (χ1n) is 5.78. The third-order valence-corrected chi connectivity index (χ3v) is 3.74. The molecule has 0 unspecified atom stereocenters. The van der Waals surface area contributed by atoms with Gasteiger partial charge in [0.05, 0.1) is 4.92 Å². The van der Waals surface area contributed by atoms with Gasteiger partial charge in [-0.2, -0.15) is 0 Å². The lowest BCUT2D eigenvalue weighted by atomic mass is 9.81. The van der Waals surface area contributed by atoms with Crippen LogP contribution in [0.4, 0.5) is 11.5 Å². The highest BCUT2D eigenvalue weighted by Crippen LogP contribution is 2.29. The van der Waals surface area contributed by atoms with Crippen molar-refractivity contribution in [1.82, 2.24) is 4.98 Å². The van der Waals surface area contributed by atoms with Crippen LogP contribution in [0, 0.1) is 21.4 Å². The second-order valence-corrected chi connectivity index (χ2v) is 6.19. The predicted molar refractivity (Wildman–Crippen MR) is 75.7 cm³/mol. The van der Waals surface area contributed by atoms with Crippen LogP contribution >= 0.6 is 15.9 Å². The maximum atomic E-state index is 10.9. The molecule has 0 spiro atoms. The Hall–Kier alpha value is -1.17. The van der Waals surface area contributed by atoms with Crippen molar-refractivity contribution in [1.29, 1.82) is 0 Å². The van der Waals surface area contributed by atoms with Crippen LogP contribution in [0.25, 0.3) is 0 Å². The molecule has 1 N–H and O–H groups in total. The molecule has 0 bridgehead atoms. The molecule has 5 nitrogen and oxygen atoms in total. The molecule has 0 atom stereocenters. The summed E-state index contributed by atoms with van der Waals surface area (Å²) >= 11 is 3.18. The van der Waals surface area contributed by atoms with Gasteiger partial charge in [0.1, 0.15) is 0 Å². The van der Waals surface area contributed by atoms with E-state index in [0.717, 1.165) is 0 Å². The number of aromatic nitrogens is 1. The van der Waals surface area contributed by atoms with Crippen LogP contribution in [0.15, 0.2) is 16.7 Å². The summed E-state index contributed by atoms with van der Waals surface area (Å²) < 4.78 is 0.600. The van der Waals surface area contributed by atoms with E-state index < -0.39 is 4.92 Å². The fourth-order valence-electron chi connectivity index (χ4n) is 1.22. The molecule has 1 heterocycles. The van der Waals surface area contributed by atoms with Gasteiger partial charge < -0.3 is 5.32 Å². The smallest absolute Gasteiger partial charge is 0.312 e. The van der Waals surface area contributed by atoms with Crippen LogP contribution in [0.3, 0.4) is 0 Å². The molecule has 18 heavy (non-hydrogen) atoms. The van der Waals surface area contributed by atoms with E-state index in [9.17, 15) is 10.1 Å². The molecule has 1 rings (SSSR count). The second-order valence-electron chi connectivity index (χ2n) is 5.28. The van der Waals surface area contributed by atoms with Crippen molar-refractivity contribution in [2.75, 3.05) is 11.9 Å². The molecule has 0 aliphatic rings. The van der Waals surface area contributed by atoms with Gasteiger partial charge in [-0.25, -0.2) is 4.98 Å². The molecule has 100 valence electrons. The number of rotatable bonds is 5. The van der Waals surface area contributed by atoms with Crippen molar-refractivity contribution in [3.05, 3.63) is 26.9 Å². The molecule has 0 aromatic carbocycles. The SMILES string of the molecule is CC(C)C(C)(C)CNc1ncc(Br)cc1[N+](=O)[O-]. The van der Waals surface area contributed by atoms with Crippen molar-refractivity contribution in [3.8, 4) is 0 Å². The first kappa shape index (κ1) is 14.9. The molecule has 0 saturated heterocycles. The molecule has 0 fully saturated rings. The highest BCUT2D eigenvalue weighted by molar-refractivity contribution is 9.10. The maximum Gasteiger partial charge on any atom is 0.312 e.